The lowest BCUT2D eigenvalue weighted by atomic mass is 10.1. The van der Waals surface area contributed by atoms with Gasteiger partial charge in [-0.1, -0.05) is 23.2 Å². The average molecular weight is 334 g/mol. The van der Waals surface area contributed by atoms with Gasteiger partial charge in [-0.05, 0) is 32.0 Å². The van der Waals surface area contributed by atoms with E-state index in [9.17, 15) is 4.39 Å². The average Bonchev–Trinajstić information content (AvgIpc) is 2.72. The molecule has 0 aliphatic heterocycles. The first-order valence-corrected chi connectivity index (χ1v) is 7.72. The third-order valence-electron chi connectivity index (χ3n) is 2.77. The monoisotopic (exact) mass is 333 g/mol. The molecule has 1 atom stereocenters. The second kappa shape index (κ2) is 6.66. The lowest BCUT2D eigenvalue weighted by Crippen LogP contribution is -2.08. The van der Waals surface area contributed by atoms with Crippen LogP contribution in [0.15, 0.2) is 24.3 Å². The Bertz CT molecular complexity index is 603. The third-order valence-corrected chi connectivity index (χ3v) is 4.28. The molecule has 1 N–H and O–H groups in total. The van der Waals surface area contributed by atoms with Gasteiger partial charge in [0.25, 0.3) is 0 Å². The molecule has 0 bridgehead atoms. The maximum atomic E-state index is 13.3. The van der Waals surface area contributed by atoms with Gasteiger partial charge in [0, 0.05) is 11.6 Å². The highest BCUT2D eigenvalue weighted by atomic mass is 35.5. The van der Waals surface area contributed by atoms with E-state index >= 15 is 0 Å². The maximum absolute atomic E-state index is 13.3. The molecule has 6 heteroatoms. The molecule has 0 aliphatic rings. The molecule has 0 fully saturated rings. The lowest BCUT2D eigenvalue weighted by Gasteiger charge is -2.18. The van der Waals surface area contributed by atoms with Crippen LogP contribution in [0.4, 0.5) is 10.1 Å². The molecule has 1 heterocycles. The summed E-state index contributed by atoms with van der Waals surface area (Å²) in [6.45, 7) is 4.29. The zero-order chi connectivity index (χ0) is 14.7. The minimum atomic E-state index is -0.330. The minimum absolute atomic E-state index is 0.0593. The van der Waals surface area contributed by atoms with Crippen LogP contribution in [0, 0.1) is 5.82 Å². The van der Waals surface area contributed by atoms with Gasteiger partial charge in [-0.15, -0.1) is 11.3 Å². The van der Waals surface area contributed by atoms with Crippen molar-refractivity contribution >= 4 is 40.2 Å². The normalized spacial score (nSPS) is 12.2. The molecule has 2 aromatic rings. The van der Waals surface area contributed by atoms with Crippen molar-refractivity contribution in [3.8, 4) is 5.75 Å². The maximum Gasteiger partial charge on any atom is 0.145 e. The molecule has 20 heavy (non-hydrogen) atoms. The Morgan fingerprint density at radius 3 is 2.70 bits per heavy atom. The lowest BCUT2D eigenvalue weighted by molar-refractivity contribution is 0.339. The van der Waals surface area contributed by atoms with Crippen LogP contribution in [0.2, 0.25) is 8.67 Å². The molecule has 1 aromatic carbocycles. The standard InChI is InChI=1S/C14H14Cl2FNOS/c1-3-19-12-6-9(17)4-5-11(12)18-8(2)10-7-13(15)20-14(10)16/h4-8,18H,3H2,1-2H3. The molecule has 108 valence electrons. The Hall–Kier alpha value is -0.970. The fourth-order valence-electron chi connectivity index (χ4n) is 1.85. The second-order valence-corrected chi connectivity index (χ2v) is 6.50. The number of benzene rings is 1. The number of ether oxygens (including phenoxy) is 1. The van der Waals surface area contributed by atoms with Crippen molar-refractivity contribution in [3.63, 3.8) is 0 Å². The second-order valence-electron chi connectivity index (χ2n) is 4.22. The van der Waals surface area contributed by atoms with Crippen molar-refractivity contribution in [2.75, 3.05) is 11.9 Å². The van der Waals surface area contributed by atoms with E-state index in [1.165, 1.54) is 23.5 Å². The van der Waals surface area contributed by atoms with Crippen LogP contribution >= 0.6 is 34.5 Å². The first kappa shape index (κ1) is 15.4. The van der Waals surface area contributed by atoms with E-state index in [4.69, 9.17) is 27.9 Å². The van der Waals surface area contributed by atoms with Crippen molar-refractivity contribution in [3.05, 3.63) is 44.3 Å². The molecule has 0 saturated heterocycles. The summed E-state index contributed by atoms with van der Waals surface area (Å²) in [7, 11) is 0. The van der Waals surface area contributed by atoms with Crippen LogP contribution in [0.3, 0.4) is 0 Å². The predicted octanol–water partition coefficient (Wildman–Crippen LogP) is 5.77. The smallest absolute Gasteiger partial charge is 0.145 e. The summed E-state index contributed by atoms with van der Waals surface area (Å²) in [6.07, 6.45) is 0. The molecule has 2 rings (SSSR count). The molecular formula is C14H14Cl2FNOS. The van der Waals surface area contributed by atoms with E-state index in [0.717, 1.165) is 11.3 Å². The Morgan fingerprint density at radius 2 is 2.10 bits per heavy atom. The van der Waals surface area contributed by atoms with Gasteiger partial charge in [0.2, 0.25) is 0 Å². The fourth-order valence-corrected chi connectivity index (χ4v) is 3.50. The summed E-state index contributed by atoms with van der Waals surface area (Å²) in [4.78, 5) is 0. The van der Waals surface area contributed by atoms with E-state index in [1.807, 2.05) is 19.9 Å². The van der Waals surface area contributed by atoms with Gasteiger partial charge < -0.3 is 10.1 Å². The molecular weight excluding hydrogens is 320 g/mol. The zero-order valence-corrected chi connectivity index (χ0v) is 13.4. The SMILES string of the molecule is CCOc1cc(F)ccc1NC(C)c1cc(Cl)sc1Cl. The molecule has 0 aliphatic carbocycles. The van der Waals surface area contributed by atoms with Gasteiger partial charge in [0.05, 0.1) is 27.0 Å². The Kier molecular flexibility index (Phi) is 5.13. The number of anilines is 1. The van der Waals surface area contributed by atoms with Gasteiger partial charge >= 0.3 is 0 Å². The number of hydrogen-bond donors (Lipinski definition) is 1. The van der Waals surface area contributed by atoms with Crippen molar-refractivity contribution < 1.29 is 9.13 Å². The van der Waals surface area contributed by atoms with Crippen molar-refractivity contribution in [2.45, 2.75) is 19.9 Å². The van der Waals surface area contributed by atoms with Crippen molar-refractivity contribution in [1.29, 1.82) is 0 Å². The quantitative estimate of drug-likeness (QED) is 0.750. The van der Waals surface area contributed by atoms with Crippen LogP contribution in [0.1, 0.15) is 25.5 Å². The van der Waals surface area contributed by atoms with Gasteiger partial charge in [0.15, 0.2) is 0 Å². The van der Waals surface area contributed by atoms with E-state index in [2.05, 4.69) is 5.32 Å². The number of nitrogens with one attached hydrogen (secondary N) is 1. The summed E-state index contributed by atoms with van der Waals surface area (Å²) < 4.78 is 20.0. The van der Waals surface area contributed by atoms with E-state index in [0.29, 0.717) is 21.0 Å². The molecule has 0 radical (unpaired) electrons. The Balaban J connectivity index is 2.23. The van der Waals surface area contributed by atoms with Gasteiger partial charge in [-0.3, -0.25) is 0 Å². The topological polar surface area (TPSA) is 21.3 Å². The highest BCUT2D eigenvalue weighted by Gasteiger charge is 2.15. The first-order chi connectivity index (χ1) is 9.51. The van der Waals surface area contributed by atoms with Crippen LogP contribution in [-0.2, 0) is 0 Å². The molecule has 0 amide bonds. The highest BCUT2D eigenvalue weighted by Crippen LogP contribution is 2.37. The van der Waals surface area contributed by atoms with Crippen LogP contribution < -0.4 is 10.1 Å². The number of rotatable bonds is 5. The van der Waals surface area contributed by atoms with E-state index in [-0.39, 0.29) is 11.9 Å². The van der Waals surface area contributed by atoms with Gasteiger partial charge in [-0.25, -0.2) is 4.39 Å². The molecule has 1 aromatic heterocycles. The van der Waals surface area contributed by atoms with Crippen molar-refractivity contribution in [1.82, 2.24) is 0 Å². The van der Waals surface area contributed by atoms with E-state index < -0.39 is 0 Å². The van der Waals surface area contributed by atoms with Crippen LogP contribution in [0.5, 0.6) is 5.75 Å². The summed E-state index contributed by atoms with van der Waals surface area (Å²) in [5.41, 5.74) is 1.63. The van der Waals surface area contributed by atoms with Crippen molar-refractivity contribution in [2.24, 2.45) is 0 Å². The van der Waals surface area contributed by atoms with Crippen LogP contribution in [0.25, 0.3) is 0 Å². The first-order valence-electron chi connectivity index (χ1n) is 6.15. The summed E-state index contributed by atoms with van der Waals surface area (Å²) >= 11 is 13.4. The highest BCUT2D eigenvalue weighted by molar-refractivity contribution is 7.20. The summed E-state index contributed by atoms with van der Waals surface area (Å²) in [5, 5.41) is 3.26. The summed E-state index contributed by atoms with van der Waals surface area (Å²) in [6, 6.07) is 6.17. The molecule has 0 saturated carbocycles. The largest absolute Gasteiger partial charge is 0.492 e. The van der Waals surface area contributed by atoms with E-state index in [1.54, 1.807) is 6.07 Å². The minimum Gasteiger partial charge on any atom is -0.492 e. The Morgan fingerprint density at radius 1 is 1.35 bits per heavy atom. The van der Waals surface area contributed by atoms with Gasteiger partial charge in [0.1, 0.15) is 11.6 Å². The van der Waals surface area contributed by atoms with Gasteiger partial charge in [-0.2, -0.15) is 0 Å². The predicted molar refractivity (Wildman–Crippen MR) is 83.9 cm³/mol. The molecule has 2 nitrogen and oxygen atoms in total. The number of thiophene rings is 1. The number of halogens is 3. The summed E-state index contributed by atoms with van der Waals surface area (Å²) in [5.74, 6) is 0.153. The van der Waals surface area contributed by atoms with Crippen LogP contribution in [-0.4, -0.2) is 6.61 Å². The Labute approximate surface area is 131 Å². The third kappa shape index (κ3) is 3.57. The molecule has 1 unspecified atom stereocenters. The fraction of sp³-hybridized carbons (Fsp3) is 0.286. The zero-order valence-electron chi connectivity index (χ0n) is 11.0. The molecule has 0 spiro atoms. The number of hydrogen-bond acceptors (Lipinski definition) is 3.